The average Bonchev–Trinajstić information content (AvgIpc) is 2.76. The summed E-state index contributed by atoms with van der Waals surface area (Å²) < 4.78 is 0. The normalized spacial score (nSPS) is 15.5. The van der Waals surface area contributed by atoms with Gasteiger partial charge in [-0.3, -0.25) is 19.2 Å². The van der Waals surface area contributed by atoms with Crippen LogP contribution >= 0.6 is 0 Å². The lowest BCUT2D eigenvalue weighted by Crippen LogP contribution is -2.59. The molecular weight excluding hydrogens is 440 g/mol. The van der Waals surface area contributed by atoms with Gasteiger partial charge in [-0.25, -0.2) is 0 Å². The lowest BCUT2D eigenvalue weighted by Gasteiger charge is -2.28. The van der Waals surface area contributed by atoms with E-state index in [-0.39, 0.29) is 24.0 Å². The molecule has 5 atom stereocenters. The number of nitrogens with one attached hydrogen (secondary N) is 3. The van der Waals surface area contributed by atoms with E-state index in [2.05, 4.69) is 16.0 Å². The molecule has 190 valence electrons. The lowest BCUT2D eigenvalue weighted by molar-refractivity contribution is -0.141. The number of phenols is 1. The number of aliphatic carboxylic acids is 1. The Labute approximate surface area is 200 Å². The van der Waals surface area contributed by atoms with E-state index in [0.29, 0.717) is 18.4 Å². The third-order valence-electron chi connectivity index (χ3n) is 5.59. The molecule has 0 saturated heterocycles. The SMILES string of the molecule is CCC(C)C(NC(=O)C(N)CC(C)C)C(=O)NC(Cc1ccc(O)cc1)C(=O)NC(C)C(=O)O. The number of carbonyl (C=O) groups is 4. The highest BCUT2D eigenvalue weighted by atomic mass is 16.4. The van der Waals surface area contributed by atoms with Crippen molar-refractivity contribution in [3.63, 3.8) is 0 Å². The van der Waals surface area contributed by atoms with Gasteiger partial charge in [0.15, 0.2) is 0 Å². The van der Waals surface area contributed by atoms with Crippen molar-refractivity contribution in [2.75, 3.05) is 0 Å². The van der Waals surface area contributed by atoms with Gasteiger partial charge in [0.05, 0.1) is 6.04 Å². The first kappa shape index (κ1) is 28.9. The third kappa shape index (κ3) is 9.38. The quantitative estimate of drug-likeness (QED) is 0.245. The lowest BCUT2D eigenvalue weighted by atomic mass is 9.96. The molecule has 1 rings (SSSR count). The van der Waals surface area contributed by atoms with Gasteiger partial charge in [-0.05, 0) is 42.9 Å². The van der Waals surface area contributed by atoms with E-state index in [9.17, 15) is 24.3 Å². The van der Waals surface area contributed by atoms with Gasteiger partial charge in [0.25, 0.3) is 0 Å². The van der Waals surface area contributed by atoms with E-state index < -0.39 is 47.9 Å². The van der Waals surface area contributed by atoms with Gasteiger partial charge in [0.1, 0.15) is 23.9 Å². The molecule has 0 spiro atoms. The van der Waals surface area contributed by atoms with Crippen LogP contribution in [0.15, 0.2) is 24.3 Å². The maximum atomic E-state index is 13.2. The number of carbonyl (C=O) groups excluding carboxylic acids is 3. The van der Waals surface area contributed by atoms with Gasteiger partial charge >= 0.3 is 5.97 Å². The Morgan fingerprint density at radius 2 is 1.50 bits per heavy atom. The Bertz CT molecular complexity index is 842. The highest BCUT2D eigenvalue weighted by Crippen LogP contribution is 2.14. The number of hydrogen-bond acceptors (Lipinski definition) is 6. The van der Waals surface area contributed by atoms with Gasteiger partial charge in [-0.1, -0.05) is 46.2 Å². The molecule has 3 amide bonds. The molecule has 0 radical (unpaired) electrons. The van der Waals surface area contributed by atoms with Crippen molar-refractivity contribution >= 4 is 23.7 Å². The van der Waals surface area contributed by atoms with E-state index in [4.69, 9.17) is 10.8 Å². The van der Waals surface area contributed by atoms with E-state index in [0.717, 1.165) is 0 Å². The summed E-state index contributed by atoms with van der Waals surface area (Å²) in [6.45, 7) is 8.88. The molecule has 0 saturated carbocycles. The Hall–Kier alpha value is -3.14. The monoisotopic (exact) mass is 478 g/mol. The number of hydrogen-bond donors (Lipinski definition) is 6. The van der Waals surface area contributed by atoms with E-state index >= 15 is 0 Å². The molecule has 5 unspecified atom stereocenters. The van der Waals surface area contributed by atoms with Gasteiger partial charge in [0, 0.05) is 6.42 Å². The molecular formula is C24H38N4O6. The fraction of sp³-hybridized carbons (Fsp3) is 0.583. The highest BCUT2D eigenvalue weighted by Gasteiger charge is 2.32. The maximum absolute atomic E-state index is 13.2. The van der Waals surface area contributed by atoms with Crippen molar-refractivity contribution in [3.8, 4) is 5.75 Å². The summed E-state index contributed by atoms with van der Waals surface area (Å²) in [5, 5.41) is 26.4. The number of phenolic OH excluding ortho intramolecular Hbond substituents is 1. The second-order valence-electron chi connectivity index (χ2n) is 9.11. The summed E-state index contributed by atoms with van der Waals surface area (Å²) in [6, 6.07) is 2.13. The van der Waals surface area contributed by atoms with Crippen molar-refractivity contribution < 1.29 is 29.4 Å². The average molecular weight is 479 g/mol. The van der Waals surface area contributed by atoms with Crippen LogP contribution in [-0.2, 0) is 25.6 Å². The highest BCUT2D eigenvalue weighted by molar-refractivity contribution is 5.94. The van der Waals surface area contributed by atoms with Crippen molar-refractivity contribution in [2.24, 2.45) is 17.6 Å². The van der Waals surface area contributed by atoms with Crippen LogP contribution in [0.5, 0.6) is 5.75 Å². The Morgan fingerprint density at radius 1 is 0.912 bits per heavy atom. The fourth-order valence-corrected chi connectivity index (χ4v) is 3.29. The van der Waals surface area contributed by atoms with Crippen LogP contribution in [0.2, 0.25) is 0 Å². The molecule has 0 aliphatic heterocycles. The van der Waals surface area contributed by atoms with Gasteiger partial charge in [-0.15, -0.1) is 0 Å². The van der Waals surface area contributed by atoms with Gasteiger partial charge in [-0.2, -0.15) is 0 Å². The molecule has 34 heavy (non-hydrogen) atoms. The van der Waals surface area contributed by atoms with Crippen LogP contribution in [0, 0.1) is 11.8 Å². The minimum atomic E-state index is -1.22. The smallest absolute Gasteiger partial charge is 0.325 e. The summed E-state index contributed by atoms with van der Waals surface area (Å²) in [7, 11) is 0. The second-order valence-corrected chi connectivity index (χ2v) is 9.11. The molecule has 1 aromatic carbocycles. The van der Waals surface area contributed by atoms with Crippen LogP contribution in [0.25, 0.3) is 0 Å². The minimum absolute atomic E-state index is 0.0468. The predicted octanol–water partition coefficient (Wildman–Crippen LogP) is 0.913. The van der Waals surface area contributed by atoms with Crippen LogP contribution in [-0.4, -0.2) is 58.1 Å². The Kier molecular flexibility index (Phi) is 11.5. The number of aromatic hydroxyl groups is 1. The minimum Gasteiger partial charge on any atom is -0.508 e. The van der Waals surface area contributed by atoms with Gasteiger partial charge in [0.2, 0.25) is 17.7 Å². The fourth-order valence-electron chi connectivity index (χ4n) is 3.29. The summed E-state index contributed by atoms with van der Waals surface area (Å²) in [4.78, 5) is 49.8. The molecule has 10 heteroatoms. The van der Waals surface area contributed by atoms with Crippen molar-refractivity contribution in [1.29, 1.82) is 0 Å². The summed E-state index contributed by atoms with van der Waals surface area (Å²) in [6.07, 6.45) is 1.10. The molecule has 0 aliphatic rings. The molecule has 1 aromatic rings. The topological polar surface area (TPSA) is 171 Å². The molecule has 0 bridgehead atoms. The Morgan fingerprint density at radius 3 is 2.00 bits per heavy atom. The number of amides is 3. The first-order valence-electron chi connectivity index (χ1n) is 11.5. The third-order valence-corrected chi connectivity index (χ3v) is 5.59. The number of benzene rings is 1. The van der Waals surface area contributed by atoms with E-state index in [1.54, 1.807) is 19.1 Å². The molecule has 0 aliphatic carbocycles. The van der Waals surface area contributed by atoms with Gasteiger partial charge < -0.3 is 31.9 Å². The summed E-state index contributed by atoms with van der Waals surface area (Å²) in [5.41, 5.74) is 6.61. The number of rotatable bonds is 13. The van der Waals surface area contributed by atoms with E-state index in [1.807, 2.05) is 20.8 Å². The first-order chi connectivity index (χ1) is 15.8. The largest absolute Gasteiger partial charge is 0.508 e. The molecule has 7 N–H and O–H groups in total. The predicted molar refractivity (Wildman–Crippen MR) is 128 cm³/mol. The molecule has 10 nitrogen and oxygen atoms in total. The summed E-state index contributed by atoms with van der Waals surface area (Å²) in [5.74, 6) is -2.91. The number of carboxylic acids is 1. The molecule has 0 heterocycles. The van der Waals surface area contributed by atoms with Crippen molar-refractivity contribution in [3.05, 3.63) is 29.8 Å². The van der Waals surface area contributed by atoms with Crippen LogP contribution in [0.1, 0.15) is 53.0 Å². The molecule has 0 aromatic heterocycles. The van der Waals surface area contributed by atoms with Crippen LogP contribution in [0.4, 0.5) is 0 Å². The second kappa shape index (κ2) is 13.5. The number of nitrogens with two attached hydrogens (primary N) is 1. The van der Waals surface area contributed by atoms with E-state index in [1.165, 1.54) is 19.1 Å². The Balaban J connectivity index is 3.09. The molecule has 0 fully saturated rings. The summed E-state index contributed by atoms with van der Waals surface area (Å²) >= 11 is 0. The van der Waals surface area contributed by atoms with Crippen LogP contribution in [0.3, 0.4) is 0 Å². The first-order valence-corrected chi connectivity index (χ1v) is 11.5. The van der Waals surface area contributed by atoms with Crippen molar-refractivity contribution in [2.45, 2.75) is 78.0 Å². The zero-order valence-electron chi connectivity index (χ0n) is 20.5. The van der Waals surface area contributed by atoms with Crippen LogP contribution < -0.4 is 21.7 Å². The number of carboxylic acid groups (broad SMARTS) is 1. The maximum Gasteiger partial charge on any atom is 0.325 e. The zero-order chi connectivity index (χ0) is 26.0. The van der Waals surface area contributed by atoms with Crippen molar-refractivity contribution in [1.82, 2.24) is 16.0 Å². The zero-order valence-corrected chi connectivity index (χ0v) is 20.5. The standard InChI is InChI=1S/C24H38N4O6/c1-6-14(4)20(28-21(30)18(25)11-13(2)3)23(32)27-19(22(31)26-15(5)24(33)34)12-16-7-9-17(29)10-8-16/h7-10,13-15,18-20,29H,6,11-12,25H2,1-5H3,(H,26,31)(H,27,32)(H,28,30)(H,33,34).